The molecule has 64 valence electrons. The van der Waals surface area contributed by atoms with Crippen LogP contribution in [0, 0.1) is 5.82 Å². The lowest BCUT2D eigenvalue weighted by atomic mass is 10.3. The molecule has 0 atom stereocenters. The maximum absolute atomic E-state index is 12.7. The van der Waals surface area contributed by atoms with Gasteiger partial charge in [0.25, 0.3) is 0 Å². The highest BCUT2D eigenvalue weighted by Crippen LogP contribution is 2.18. The molecule has 1 aromatic rings. The number of anilines is 1. The van der Waals surface area contributed by atoms with Gasteiger partial charge in [-0.3, -0.25) is 4.79 Å². The fourth-order valence-corrected chi connectivity index (χ4v) is 1.31. The second-order valence-electron chi connectivity index (χ2n) is 2.06. The fourth-order valence-electron chi connectivity index (χ4n) is 0.739. The minimum absolute atomic E-state index is 0.321. The third-order valence-electron chi connectivity index (χ3n) is 1.11. The molecule has 1 amide bonds. The minimum Gasteiger partial charge on any atom is -0.312 e. The van der Waals surface area contributed by atoms with Crippen molar-refractivity contribution in [3.05, 3.63) is 28.5 Å². The molecule has 0 spiro atoms. The molecule has 0 bridgehead atoms. The first-order chi connectivity index (χ1) is 5.58. The van der Waals surface area contributed by atoms with Crippen LogP contribution in [0.4, 0.5) is 14.9 Å². The summed E-state index contributed by atoms with van der Waals surface area (Å²) in [6.45, 7) is 0. The van der Waals surface area contributed by atoms with Crippen LogP contribution in [0.25, 0.3) is 0 Å². The smallest absolute Gasteiger partial charge is 0.312 e. The Kier molecular flexibility index (Phi) is 3.05. The van der Waals surface area contributed by atoms with Gasteiger partial charge in [-0.25, -0.2) is 4.39 Å². The van der Waals surface area contributed by atoms with Gasteiger partial charge < -0.3 is 5.32 Å². The Labute approximate surface area is 81.8 Å². The van der Waals surface area contributed by atoms with Crippen molar-refractivity contribution in [1.29, 1.82) is 0 Å². The number of carbonyl (C=O) groups is 1. The van der Waals surface area contributed by atoms with Gasteiger partial charge >= 0.3 is 5.37 Å². The van der Waals surface area contributed by atoms with Gasteiger partial charge in [0, 0.05) is 10.2 Å². The van der Waals surface area contributed by atoms with Crippen LogP contribution < -0.4 is 5.32 Å². The molecule has 0 heterocycles. The summed E-state index contributed by atoms with van der Waals surface area (Å²) >= 11 is 8.10. The summed E-state index contributed by atoms with van der Waals surface area (Å²) in [5, 5.41) is 1.50. The highest BCUT2D eigenvalue weighted by atomic mass is 79.9. The Bertz CT molecular complexity index is 298. The lowest BCUT2D eigenvalue weighted by molar-refractivity contribution is 0.269. The highest BCUT2D eigenvalue weighted by molar-refractivity contribution is 9.10. The van der Waals surface area contributed by atoms with Crippen molar-refractivity contribution in [2.24, 2.45) is 0 Å². The summed E-state index contributed by atoms with van der Waals surface area (Å²) in [5.74, 6) is -0.440. The zero-order chi connectivity index (χ0) is 9.14. The molecule has 5 heteroatoms. The molecule has 1 N–H and O–H groups in total. The molecule has 0 saturated carbocycles. The normalized spacial score (nSPS) is 9.58. The molecule has 0 unspecified atom stereocenters. The summed E-state index contributed by atoms with van der Waals surface area (Å²) < 4.78 is 13.2. The van der Waals surface area contributed by atoms with Gasteiger partial charge in [0.2, 0.25) is 0 Å². The average Bonchev–Trinajstić information content (AvgIpc) is 1.81. The van der Waals surface area contributed by atoms with Crippen LogP contribution in [0.2, 0.25) is 0 Å². The highest BCUT2D eigenvalue weighted by Gasteiger charge is 2.00. The molecule has 1 rings (SSSR count). The van der Waals surface area contributed by atoms with E-state index in [1.54, 1.807) is 6.07 Å². The van der Waals surface area contributed by atoms with Crippen molar-refractivity contribution >= 4 is 38.6 Å². The molecule has 0 aliphatic heterocycles. The second kappa shape index (κ2) is 3.87. The number of hydrogen-bond acceptors (Lipinski definition) is 1. The van der Waals surface area contributed by atoms with E-state index in [0.29, 0.717) is 10.2 Å². The van der Waals surface area contributed by atoms with E-state index in [4.69, 9.17) is 11.6 Å². The van der Waals surface area contributed by atoms with E-state index in [9.17, 15) is 9.18 Å². The van der Waals surface area contributed by atoms with Crippen LogP contribution in [-0.4, -0.2) is 5.37 Å². The lowest BCUT2D eigenvalue weighted by Gasteiger charge is -2.00. The van der Waals surface area contributed by atoms with Crippen molar-refractivity contribution in [2.75, 3.05) is 5.32 Å². The predicted molar refractivity (Wildman–Crippen MR) is 49.0 cm³/mol. The first-order valence-electron chi connectivity index (χ1n) is 3.00. The second-order valence-corrected chi connectivity index (χ2v) is 3.32. The fraction of sp³-hybridized carbons (Fsp3) is 0. The van der Waals surface area contributed by atoms with Crippen molar-refractivity contribution in [3.63, 3.8) is 0 Å². The van der Waals surface area contributed by atoms with E-state index in [2.05, 4.69) is 21.2 Å². The molecule has 0 saturated heterocycles. The Hall–Kier alpha value is -0.610. The lowest BCUT2D eigenvalue weighted by Crippen LogP contribution is -2.00. The van der Waals surface area contributed by atoms with Crippen LogP contribution in [-0.2, 0) is 0 Å². The number of rotatable bonds is 1. The summed E-state index contributed by atoms with van der Waals surface area (Å²) in [5.41, 5.74) is 0.321. The van der Waals surface area contributed by atoms with E-state index in [0.717, 1.165) is 0 Å². The van der Waals surface area contributed by atoms with Gasteiger partial charge in [-0.2, -0.15) is 0 Å². The third kappa shape index (κ3) is 2.79. The number of amides is 1. The van der Waals surface area contributed by atoms with Gasteiger partial charge in [0.05, 0.1) is 0 Å². The van der Waals surface area contributed by atoms with E-state index in [-0.39, 0.29) is 0 Å². The Morgan fingerprint density at radius 2 is 2.17 bits per heavy atom. The zero-order valence-corrected chi connectivity index (χ0v) is 8.12. The number of nitrogens with one attached hydrogen (secondary N) is 1. The molecular weight excluding hydrogens is 248 g/mol. The molecule has 1 aromatic carbocycles. The monoisotopic (exact) mass is 251 g/mol. The summed E-state index contributed by atoms with van der Waals surface area (Å²) in [4.78, 5) is 10.4. The van der Waals surface area contributed by atoms with Gasteiger partial charge in [-0.05, 0) is 29.8 Å². The van der Waals surface area contributed by atoms with E-state index in [1.807, 2.05) is 0 Å². The van der Waals surface area contributed by atoms with Crippen LogP contribution in [0.5, 0.6) is 0 Å². The maximum Gasteiger partial charge on any atom is 0.318 e. The van der Waals surface area contributed by atoms with Gasteiger partial charge in [-0.1, -0.05) is 15.9 Å². The molecule has 0 fully saturated rings. The van der Waals surface area contributed by atoms with Gasteiger partial charge in [0.15, 0.2) is 0 Å². The zero-order valence-electron chi connectivity index (χ0n) is 5.77. The Morgan fingerprint density at radius 1 is 1.50 bits per heavy atom. The Morgan fingerprint density at radius 3 is 2.67 bits per heavy atom. The number of hydrogen-bond donors (Lipinski definition) is 1. The van der Waals surface area contributed by atoms with E-state index < -0.39 is 11.2 Å². The molecule has 2 nitrogen and oxygen atoms in total. The maximum atomic E-state index is 12.7. The van der Waals surface area contributed by atoms with Crippen LogP contribution in [0.15, 0.2) is 22.7 Å². The molecule has 0 aliphatic carbocycles. The number of carbonyl (C=O) groups excluding carboxylic acids is 1. The van der Waals surface area contributed by atoms with E-state index in [1.165, 1.54) is 12.1 Å². The largest absolute Gasteiger partial charge is 0.318 e. The SMILES string of the molecule is O=C(Cl)Nc1cc(F)cc(Br)c1. The van der Waals surface area contributed by atoms with Gasteiger partial charge in [-0.15, -0.1) is 0 Å². The molecule has 0 aromatic heterocycles. The topological polar surface area (TPSA) is 29.1 Å². The van der Waals surface area contributed by atoms with Crippen LogP contribution >= 0.6 is 27.5 Å². The molecule has 0 aliphatic rings. The molecular formula is C7H4BrClFNO. The summed E-state index contributed by atoms with van der Waals surface area (Å²) in [6, 6.07) is 4.00. The average molecular weight is 252 g/mol. The quantitative estimate of drug-likeness (QED) is 0.603. The standard InChI is InChI=1S/C7H4BrClFNO/c8-4-1-5(10)3-6(2-4)11-7(9)12/h1-3H,(H,11,12). The summed E-state index contributed by atoms with van der Waals surface area (Å²) in [7, 11) is 0. The molecule has 0 radical (unpaired) electrons. The molecule has 12 heavy (non-hydrogen) atoms. The first kappa shape index (κ1) is 9.48. The van der Waals surface area contributed by atoms with Crippen LogP contribution in [0.3, 0.4) is 0 Å². The van der Waals surface area contributed by atoms with E-state index >= 15 is 0 Å². The van der Waals surface area contributed by atoms with Crippen molar-refractivity contribution in [2.45, 2.75) is 0 Å². The summed E-state index contributed by atoms with van der Waals surface area (Å²) in [6.07, 6.45) is 0. The van der Waals surface area contributed by atoms with Gasteiger partial charge in [0.1, 0.15) is 5.82 Å². The first-order valence-corrected chi connectivity index (χ1v) is 4.17. The Balaban J connectivity index is 2.93. The third-order valence-corrected chi connectivity index (χ3v) is 1.66. The minimum atomic E-state index is -0.743. The van der Waals surface area contributed by atoms with Crippen molar-refractivity contribution < 1.29 is 9.18 Å². The number of halogens is 3. The predicted octanol–water partition coefficient (Wildman–Crippen LogP) is 3.36. The van der Waals surface area contributed by atoms with Crippen molar-refractivity contribution in [3.8, 4) is 0 Å². The van der Waals surface area contributed by atoms with Crippen LogP contribution in [0.1, 0.15) is 0 Å². The van der Waals surface area contributed by atoms with Crippen molar-refractivity contribution in [1.82, 2.24) is 0 Å². The number of benzene rings is 1.